The fraction of sp³-hybridized carbons (Fsp3) is 0.158. The lowest BCUT2D eigenvalue weighted by Crippen LogP contribution is -2.36. The highest BCUT2D eigenvalue weighted by atomic mass is 35.5. The highest BCUT2D eigenvalue weighted by Crippen LogP contribution is 2.44. The van der Waals surface area contributed by atoms with Crippen molar-refractivity contribution in [2.75, 3.05) is 11.2 Å². The Hall–Kier alpha value is -2.71. The molecule has 6 nitrogen and oxygen atoms in total. The molecule has 0 radical (unpaired) electrons. The van der Waals surface area contributed by atoms with Crippen LogP contribution in [0.5, 0.6) is 5.88 Å². The smallest absolute Gasteiger partial charge is 0.247 e. The minimum absolute atomic E-state index is 0.223. The van der Waals surface area contributed by atoms with Crippen molar-refractivity contribution in [3.8, 4) is 17.1 Å². The van der Waals surface area contributed by atoms with Crippen molar-refractivity contribution in [2.45, 2.75) is 18.3 Å². The van der Waals surface area contributed by atoms with Gasteiger partial charge in [-0.05, 0) is 36.6 Å². The first-order chi connectivity index (χ1) is 13.5. The Labute approximate surface area is 169 Å². The normalized spacial score (nSPS) is 15.3. The Balaban J connectivity index is 1.98. The number of rotatable bonds is 2. The third-order valence-electron chi connectivity index (χ3n) is 4.24. The first-order valence-corrected chi connectivity index (χ1v) is 9.88. The molecule has 2 aromatic carbocycles. The highest BCUT2D eigenvalue weighted by molar-refractivity contribution is 7.98. The van der Waals surface area contributed by atoms with Crippen LogP contribution in [0.3, 0.4) is 0 Å². The summed E-state index contributed by atoms with van der Waals surface area (Å²) in [6, 6.07) is 10.9. The van der Waals surface area contributed by atoms with Crippen LogP contribution in [0.2, 0.25) is 5.02 Å². The molecule has 28 heavy (non-hydrogen) atoms. The summed E-state index contributed by atoms with van der Waals surface area (Å²) in [5.74, 6) is -0.419. The van der Waals surface area contributed by atoms with E-state index < -0.39 is 6.23 Å². The number of aromatic nitrogens is 3. The number of carbonyl (C=O) groups is 1. The largest absolute Gasteiger partial charge is 0.447 e. The van der Waals surface area contributed by atoms with Crippen LogP contribution in [-0.2, 0) is 4.79 Å². The third-order valence-corrected chi connectivity index (χ3v) is 5.02. The second kappa shape index (κ2) is 7.37. The van der Waals surface area contributed by atoms with E-state index in [0.717, 1.165) is 0 Å². The fourth-order valence-corrected chi connectivity index (χ4v) is 3.48. The van der Waals surface area contributed by atoms with Gasteiger partial charge < -0.3 is 4.74 Å². The molecule has 9 heteroatoms. The van der Waals surface area contributed by atoms with Gasteiger partial charge in [0.15, 0.2) is 5.69 Å². The van der Waals surface area contributed by atoms with Crippen molar-refractivity contribution < 1.29 is 13.9 Å². The molecule has 0 spiro atoms. The molecule has 1 aromatic heterocycles. The molecule has 0 fully saturated rings. The maximum Gasteiger partial charge on any atom is 0.247 e. The lowest BCUT2D eigenvalue weighted by molar-refractivity contribution is -0.118. The van der Waals surface area contributed by atoms with Crippen molar-refractivity contribution in [2.24, 2.45) is 0 Å². The third kappa shape index (κ3) is 3.29. The number of hydrogen-bond acceptors (Lipinski definition) is 6. The van der Waals surface area contributed by atoms with E-state index in [1.54, 1.807) is 30.3 Å². The predicted octanol–water partition coefficient (Wildman–Crippen LogP) is 4.50. The summed E-state index contributed by atoms with van der Waals surface area (Å²) in [5, 5.41) is 9.24. The van der Waals surface area contributed by atoms with E-state index in [0.29, 0.717) is 32.7 Å². The molecule has 0 saturated carbocycles. The van der Waals surface area contributed by atoms with Crippen molar-refractivity contribution in [3.63, 3.8) is 0 Å². The maximum absolute atomic E-state index is 13.4. The van der Waals surface area contributed by atoms with Gasteiger partial charge in [-0.25, -0.2) is 4.39 Å². The van der Waals surface area contributed by atoms with E-state index in [4.69, 9.17) is 16.3 Å². The molecule has 142 valence electrons. The Morgan fingerprint density at radius 1 is 1.21 bits per heavy atom. The van der Waals surface area contributed by atoms with E-state index >= 15 is 0 Å². The number of benzene rings is 2. The van der Waals surface area contributed by atoms with E-state index in [9.17, 15) is 9.18 Å². The summed E-state index contributed by atoms with van der Waals surface area (Å²) >= 11 is 7.51. The number of fused-ring (bicyclic) bond motifs is 3. The molecule has 1 aliphatic rings. The van der Waals surface area contributed by atoms with Crippen LogP contribution in [0.4, 0.5) is 10.1 Å². The van der Waals surface area contributed by atoms with Crippen LogP contribution in [0, 0.1) is 5.82 Å². The zero-order valence-corrected chi connectivity index (χ0v) is 16.5. The van der Waals surface area contributed by atoms with Gasteiger partial charge in [0, 0.05) is 23.1 Å². The summed E-state index contributed by atoms with van der Waals surface area (Å²) in [6.45, 7) is 1.43. The molecule has 0 saturated heterocycles. The quantitative estimate of drug-likeness (QED) is 0.573. The maximum atomic E-state index is 13.4. The van der Waals surface area contributed by atoms with Crippen LogP contribution in [0.15, 0.2) is 47.6 Å². The van der Waals surface area contributed by atoms with Crippen molar-refractivity contribution in [3.05, 3.63) is 58.9 Å². The van der Waals surface area contributed by atoms with E-state index in [1.807, 2.05) is 6.26 Å². The SMILES string of the molecule is CSc1nnc2c(n1)OC(c1ccc(F)cc1)N(C(C)=O)c1ccc(Cl)cc1-2. The van der Waals surface area contributed by atoms with Gasteiger partial charge in [-0.3, -0.25) is 9.69 Å². The lowest BCUT2D eigenvalue weighted by atomic mass is 10.1. The summed E-state index contributed by atoms with van der Waals surface area (Å²) < 4.78 is 19.6. The summed E-state index contributed by atoms with van der Waals surface area (Å²) in [6.07, 6.45) is 0.968. The highest BCUT2D eigenvalue weighted by Gasteiger charge is 2.34. The first-order valence-electron chi connectivity index (χ1n) is 8.28. The Bertz CT molecular complexity index is 1060. The number of anilines is 1. The van der Waals surface area contributed by atoms with Crippen LogP contribution >= 0.6 is 23.4 Å². The van der Waals surface area contributed by atoms with E-state index in [2.05, 4.69) is 15.2 Å². The lowest BCUT2D eigenvalue weighted by Gasteiger charge is -2.29. The van der Waals surface area contributed by atoms with Crippen LogP contribution in [-0.4, -0.2) is 27.3 Å². The zero-order chi connectivity index (χ0) is 19.8. The molecule has 0 aliphatic carbocycles. The van der Waals surface area contributed by atoms with Crippen LogP contribution in [0.1, 0.15) is 18.7 Å². The van der Waals surface area contributed by atoms with Gasteiger partial charge in [0.2, 0.25) is 23.2 Å². The summed E-state index contributed by atoms with van der Waals surface area (Å²) in [7, 11) is 0. The number of ether oxygens (including phenoxy) is 1. The van der Waals surface area contributed by atoms with Crippen LogP contribution in [0.25, 0.3) is 11.3 Å². The standard InChI is InChI=1S/C19H14ClFN4O2S/c1-10(26)25-15-8-5-12(20)9-14(15)16-17(22-19(28-2)24-23-16)27-18(25)11-3-6-13(21)7-4-11/h3-9,18H,1-2H3. The second-order valence-corrected chi connectivity index (χ2v) is 7.23. The molecule has 0 bridgehead atoms. The number of halogens is 2. The zero-order valence-electron chi connectivity index (χ0n) is 14.9. The summed E-state index contributed by atoms with van der Waals surface area (Å²) in [4.78, 5) is 18.5. The number of amides is 1. The average molecular weight is 417 g/mol. The first kappa shape index (κ1) is 18.6. The molecule has 1 atom stereocenters. The molecule has 1 amide bonds. The van der Waals surface area contributed by atoms with Gasteiger partial charge in [-0.15, -0.1) is 10.2 Å². The molecular formula is C19H14ClFN4O2S. The molecule has 2 heterocycles. The van der Waals surface area contributed by atoms with E-state index in [1.165, 1.54) is 35.7 Å². The van der Waals surface area contributed by atoms with Gasteiger partial charge in [-0.2, -0.15) is 4.98 Å². The van der Waals surface area contributed by atoms with Gasteiger partial charge in [-0.1, -0.05) is 35.5 Å². The summed E-state index contributed by atoms with van der Waals surface area (Å²) in [5.41, 5.74) is 2.11. The second-order valence-electron chi connectivity index (χ2n) is 6.02. The average Bonchev–Trinajstić information content (AvgIpc) is 2.82. The van der Waals surface area contributed by atoms with Gasteiger partial charge in [0.25, 0.3) is 0 Å². The fourth-order valence-electron chi connectivity index (χ4n) is 3.01. The molecular weight excluding hydrogens is 403 g/mol. The Kier molecular flexibility index (Phi) is 4.91. The Morgan fingerprint density at radius 2 is 1.96 bits per heavy atom. The minimum Gasteiger partial charge on any atom is -0.447 e. The Morgan fingerprint density at radius 3 is 2.64 bits per heavy atom. The molecule has 1 aliphatic heterocycles. The van der Waals surface area contributed by atoms with Crippen molar-refractivity contribution >= 4 is 35.0 Å². The molecule has 1 unspecified atom stereocenters. The molecule has 3 aromatic rings. The number of thioether (sulfide) groups is 1. The predicted molar refractivity (Wildman–Crippen MR) is 105 cm³/mol. The van der Waals surface area contributed by atoms with Crippen LogP contribution < -0.4 is 9.64 Å². The van der Waals surface area contributed by atoms with Gasteiger partial charge in [0.05, 0.1) is 5.69 Å². The number of nitrogens with zero attached hydrogens (tertiary/aromatic N) is 4. The molecule has 4 rings (SSSR count). The van der Waals surface area contributed by atoms with Crippen molar-refractivity contribution in [1.29, 1.82) is 0 Å². The number of hydrogen-bond donors (Lipinski definition) is 0. The van der Waals surface area contributed by atoms with E-state index in [-0.39, 0.29) is 17.6 Å². The number of carbonyl (C=O) groups excluding carboxylic acids is 1. The monoisotopic (exact) mass is 416 g/mol. The molecule has 0 N–H and O–H groups in total. The minimum atomic E-state index is -0.856. The van der Waals surface area contributed by atoms with Gasteiger partial charge >= 0.3 is 0 Å². The van der Waals surface area contributed by atoms with Crippen molar-refractivity contribution in [1.82, 2.24) is 15.2 Å². The van der Waals surface area contributed by atoms with Gasteiger partial charge in [0.1, 0.15) is 5.82 Å². The topological polar surface area (TPSA) is 68.2 Å².